The molecule has 1 saturated heterocycles. The Labute approximate surface area is 173 Å². The Morgan fingerprint density at radius 3 is 2.10 bits per heavy atom. The highest BCUT2D eigenvalue weighted by molar-refractivity contribution is 7.89. The number of piperazine rings is 1. The number of ether oxygens (including phenoxy) is 1. The number of sulfonamides is 1. The van der Waals surface area contributed by atoms with Gasteiger partial charge in [0, 0.05) is 26.2 Å². The van der Waals surface area contributed by atoms with E-state index in [1.165, 1.54) is 4.31 Å². The number of hydrogen-bond donors (Lipinski definition) is 0. The van der Waals surface area contributed by atoms with E-state index in [-0.39, 0.29) is 25.6 Å². The monoisotopic (exact) mass is 416 g/mol. The van der Waals surface area contributed by atoms with Crippen molar-refractivity contribution in [2.75, 3.05) is 32.8 Å². The summed E-state index contributed by atoms with van der Waals surface area (Å²) in [5.41, 5.74) is 3.98. The molecule has 29 heavy (non-hydrogen) atoms. The number of benzene rings is 2. The van der Waals surface area contributed by atoms with Crippen molar-refractivity contribution in [3.8, 4) is 5.75 Å². The van der Waals surface area contributed by atoms with Gasteiger partial charge in [-0.2, -0.15) is 4.31 Å². The summed E-state index contributed by atoms with van der Waals surface area (Å²) >= 11 is 0. The van der Waals surface area contributed by atoms with E-state index in [0.29, 0.717) is 18.0 Å². The van der Waals surface area contributed by atoms with Crippen LogP contribution in [0.3, 0.4) is 0 Å². The summed E-state index contributed by atoms with van der Waals surface area (Å²) in [7, 11) is -3.55. The molecule has 0 bridgehead atoms. The van der Waals surface area contributed by atoms with E-state index < -0.39 is 10.0 Å². The molecule has 3 rings (SSSR count). The molecule has 1 aliphatic rings. The zero-order valence-corrected chi connectivity index (χ0v) is 18.3. The van der Waals surface area contributed by atoms with Crippen molar-refractivity contribution in [1.29, 1.82) is 0 Å². The number of carbonyl (C=O) groups excluding carboxylic acids is 1. The van der Waals surface area contributed by atoms with Gasteiger partial charge in [-0.05, 0) is 62.1 Å². The minimum atomic E-state index is -3.55. The van der Waals surface area contributed by atoms with Crippen molar-refractivity contribution in [3.05, 3.63) is 58.7 Å². The Balaban J connectivity index is 1.59. The molecular formula is C22H28N2O4S. The van der Waals surface area contributed by atoms with Crippen LogP contribution in [0.25, 0.3) is 0 Å². The van der Waals surface area contributed by atoms with E-state index >= 15 is 0 Å². The first-order valence-corrected chi connectivity index (χ1v) is 11.2. The van der Waals surface area contributed by atoms with Gasteiger partial charge < -0.3 is 9.64 Å². The van der Waals surface area contributed by atoms with Crippen molar-refractivity contribution in [2.45, 2.75) is 32.6 Å². The van der Waals surface area contributed by atoms with Crippen LogP contribution in [0.1, 0.15) is 22.3 Å². The van der Waals surface area contributed by atoms with Crippen molar-refractivity contribution in [2.24, 2.45) is 0 Å². The minimum Gasteiger partial charge on any atom is -0.483 e. The molecule has 0 spiro atoms. The topological polar surface area (TPSA) is 66.9 Å². The van der Waals surface area contributed by atoms with Crippen LogP contribution in [-0.2, 0) is 14.8 Å². The lowest BCUT2D eigenvalue weighted by atomic mass is 10.1. The summed E-state index contributed by atoms with van der Waals surface area (Å²) in [5.74, 6) is 0.604. The van der Waals surface area contributed by atoms with Crippen LogP contribution in [0.2, 0.25) is 0 Å². The lowest BCUT2D eigenvalue weighted by Gasteiger charge is -2.34. The van der Waals surface area contributed by atoms with Crippen LogP contribution in [0.4, 0.5) is 0 Å². The fourth-order valence-electron chi connectivity index (χ4n) is 3.45. The Bertz CT molecular complexity index is 989. The lowest BCUT2D eigenvalue weighted by molar-refractivity contribution is -0.134. The molecule has 1 fully saturated rings. The third-order valence-corrected chi connectivity index (χ3v) is 7.35. The summed E-state index contributed by atoms with van der Waals surface area (Å²) < 4.78 is 33.0. The fraction of sp³-hybridized carbons (Fsp3) is 0.409. The smallest absolute Gasteiger partial charge is 0.260 e. The van der Waals surface area contributed by atoms with Crippen LogP contribution in [0.15, 0.2) is 41.3 Å². The second kappa shape index (κ2) is 8.55. The molecule has 0 N–H and O–H groups in total. The predicted octanol–water partition coefficient (Wildman–Crippen LogP) is 2.83. The molecule has 7 heteroatoms. The summed E-state index contributed by atoms with van der Waals surface area (Å²) in [6.07, 6.45) is 0. The van der Waals surface area contributed by atoms with Gasteiger partial charge in [-0.1, -0.05) is 24.3 Å². The van der Waals surface area contributed by atoms with Gasteiger partial charge in [0.1, 0.15) is 5.75 Å². The standard InChI is InChI=1S/C22H28N2O4S/c1-16-8-9-20(14-19(16)4)29(26,27)24-12-10-23(11-13-24)21(25)15-28-22-17(2)6-5-7-18(22)3/h5-9,14H,10-13,15H2,1-4H3. The molecule has 1 aliphatic heterocycles. The summed E-state index contributed by atoms with van der Waals surface area (Å²) in [5, 5.41) is 0. The molecule has 0 aliphatic carbocycles. The maximum Gasteiger partial charge on any atom is 0.260 e. The van der Waals surface area contributed by atoms with Crippen LogP contribution in [0, 0.1) is 27.7 Å². The van der Waals surface area contributed by atoms with Crippen LogP contribution in [0.5, 0.6) is 5.75 Å². The molecule has 6 nitrogen and oxygen atoms in total. The van der Waals surface area contributed by atoms with Gasteiger partial charge >= 0.3 is 0 Å². The lowest BCUT2D eigenvalue weighted by Crippen LogP contribution is -2.51. The number of aryl methyl sites for hydroxylation is 4. The number of amides is 1. The molecule has 156 valence electrons. The zero-order chi connectivity index (χ0) is 21.2. The van der Waals surface area contributed by atoms with Gasteiger partial charge in [-0.15, -0.1) is 0 Å². The fourth-order valence-corrected chi connectivity index (χ4v) is 4.96. The highest BCUT2D eigenvalue weighted by atomic mass is 32.2. The van der Waals surface area contributed by atoms with E-state index in [2.05, 4.69) is 0 Å². The molecule has 2 aromatic carbocycles. The Morgan fingerprint density at radius 2 is 1.52 bits per heavy atom. The number of nitrogens with zero attached hydrogens (tertiary/aromatic N) is 2. The van der Waals surface area contributed by atoms with E-state index in [1.807, 2.05) is 52.0 Å². The van der Waals surface area contributed by atoms with Gasteiger partial charge in [0.2, 0.25) is 10.0 Å². The summed E-state index contributed by atoms with van der Waals surface area (Å²) in [6.45, 7) is 8.99. The first kappa shape index (κ1) is 21.3. The largest absolute Gasteiger partial charge is 0.483 e. The Morgan fingerprint density at radius 1 is 0.897 bits per heavy atom. The first-order valence-electron chi connectivity index (χ1n) is 9.74. The summed E-state index contributed by atoms with van der Waals surface area (Å²) in [4.78, 5) is 14.5. The summed E-state index contributed by atoms with van der Waals surface area (Å²) in [6, 6.07) is 11.0. The highest BCUT2D eigenvalue weighted by Crippen LogP contribution is 2.23. The van der Waals surface area contributed by atoms with Crippen molar-refractivity contribution in [3.63, 3.8) is 0 Å². The molecule has 2 aromatic rings. The highest BCUT2D eigenvalue weighted by Gasteiger charge is 2.30. The third kappa shape index (κ3) is 4.62. The minimum absolute atomic E-state index is 0.0460. The van der Waals surface area contributed by atoms with Crippen molar-refractivity contribution < 1.29 is 17.9 Å². The van der Waals surface area contributed by atoms with Crippen molar-refractivity contribution >= 4 is 15.9 Å². The predicted molar refractivity (Wildman–Crippen MR) is 113 cm³/mol. The van der Waals surface area contributed by atoms with E-state index in [9.17, 15) is 13.2 Å². The van der Waals surface area contributed by atoms with Gasteiger partial charge in [0.15, 0.2) is 6.61 Å². The molecule has 0 radical (unpaired) electrons. The van der Waals surface area contributed by atoms with E-state index in [0.717, 1.165) is 28.0 Å². The zero-order valence-electron chi connectivity index (χ0n) is 17.4. The quantitative estimate of drug-likeness (QED) is 0.752. The molecule has 0 atom stereocenters. The van der Waals surface area contributed by atoms with Crippen LogP contribution >= 0.6 is 0 Å². The molecule has 0 unspecified atom stereocenters. The van der Waals surface area contributed by atoms with Gasteiger partial charge in [-0.3, -0.25) is 4.79 Å². The molecule has 0 aromatic heterocycles. The van der Waals surface area contributed by atoms with Crippen LogP contribution in [-0.4, -0.2) is 56.3 Å². The average Bonchev–Trinajstić information content (AvgIpc) is 2.69. The molecule has 1 amide bonds. The first-order chi connectivity index (χ1) is 13.7. The normalized spacial score (nSPS) is 15.4. The Kier molecular flexibility index (Phi) is 6.29. The number of para-hydroxylation sites is 1. The maximum atomic E-state index is 12.9. The number of hydrogen-bond acceptors (Lipinski definition) is 4. The SMILES string of the molecule is Cc1ccc(S(=O)(=O)N2CCN(C(=O)COc3c(C)cccc3C)CC2)cc1C. The van der Waals surface area contributed by atoms with Gasteiger partial charge in [-0.25, -0.2) is 8.42 Å². The van der Waals surface area contributed by atoms with Gasteiger partial charge in [0.05, 0.1) is 4.90 Å². The molecule has 0 saturated carbocycles. The Hall–Kier alpha value is -2.38. The molecular weight excluding hydrogens is 388 g/mol. The maximum absolute atomic E-state index is 12.9. The third-order valence-electron chi connectivity index (χ3n) is 5.46. The van der Waals surface area contributed by atoms with E-state index in [1.54, 1.807) is 17.0 Å². The van der Waals surface area contributed by atoms with Gasteiger partial charge in [0.25, 0.3) is 5.91 Å². The second-order valence-corrected chi connectivity index (χ2v) is 9.48. The molecule has 1 heterocycles. The van der Waals surface area contributed by atoms with E-state index in [4.69, 9.17) is 4.74 Å². The van der Waals surface area contributed by atoms with Crippen molar-refractivity contribution in [1.82, 2.24) is 9.21 Å². The number of carbonyl (C=O) groups is 1. The number of rotatable bonds is 5. The average molecular weight is 417 g/mol. The second-order valence-electron chi connectivity index (χ2n) is 7.54. The van der Waals surface area contributed by atoms with Crippen LogP contribution < -0.4 is 4.74 Å².